The summed E-state index contributed by atoms with van der Waals surface area (Å²) in [5.41, 5.74) is 1.15. The van der Waals surface area contributed by atoms with Gasteiger partial charge in [0, 0.05) is 13.2 Å². The smallest absolute Gasteiger partial charge is 0.123 e. The van der Waals surface area contributed by atoms with Crippen LogP contribution in [0.15, 0.2) is 24.3 Å². The van der Waals surface area contributed by atoms with E-state index in [0.717, 1.165) is 31.6 Å². The van der Waals surface area contributed by atoms with E-state index in [0.29, 0.717) is 6.04 Å². The van der Waals surface area contributed by atoms with Gasteiger partial charge in [-0.15, -0.1) is 0 Å². The van der Waals surface area contributed by atoms with Crippen LogP contribution in [0.2, 0.25) is 0 Å². The normalized spacial score (nSPS) is 12.7. The van der Waals surface area contributed by atoms with Crippen molar-refractivity contribution >= 4 is 0 Å². The Hall–Kier alpha value is -0.930. The molecule has 0 saturated carbocycles. The van der Waals surface area contributed by atoms with E-state index in [-0.39, 0.29) is 5.82 Å². The van der Waals surface area contributed by atoms with Crippen molar-refractivity contribution in [1.82, 2.24) is 5.32 Å². The molecule has 16 heavy (non-hydrogen) atoms. The first-order valence-electron chi connectivity index (χ1n) is 5.73. The number of methoxy groups -OCH3 is 1. The van der Waals surface area contributed by atoms with E-state index < -0.39 is 0 Å². The van der Waals surface area contributed by atoms with E-state index >= 15 is 0 Å². The van der Waals surface area contributed by atoms with Gasteiger partial charge in [-0.3, -0.25) is 0 Å². The molecule has 1 atom stereocenters. The zero-order valence-corrected chi connectivity index (χ0v) is 10.0. The van der Waals surface area contributed by atoms with Crippen molar-refractivity contribution in [2.24, 2.45) is 0 Å². The molecule has 0 radical (unpaired) electrons. The molecule has 1 aromatic carbocycles. The molecule has 0 heterocycles. The third kappa shape index (κ3) is 4.73. The molecule has 1 aromatic rings. The molecule has 0 aliphatic carbocycles. The van der Waals surface area contributed by atoms with Crippen LogP contribution in [0.25, 0.3) is 0 Å². The Morgan fingerprint density at radius 1 is 1.31 bits per heavy atom. The Morgan fingerprint density at radius 2 is 2.00 bits per heavy atom. The molecule has 0 fully saturated rings. The fraction of sp³-hybridized carbons (Fsp3) is 0.538. The molecule has 1 unspecified atom stereocenters. The third-order valence-corrected chi connectivity index (χ3v) is 2.62. The van der Waals surface area contributed by atoms with Gasteiger partial charge in [0.15, 0.2) is 0 Å². The molecule has 2 nitrogen and oxygen atoms in total. The SMILES string of the molecule is CCC(COC)NCCc1ccc(F)cc1. The van der Waals surface area contributed by atoms with Gasteiger partial charge in [-0.2, -0.15) is 0 Å². The zero-order chi connectivity index (χ0) is 11.8. The van der Waals surface area contributed by atoms with Crippen LogP contribution in [0.5, 0.6) is 0 Å². The minimum absolute atomic E-state index is 0.178. The first kappa shape index (κ1) is 13.1. The largest absolute Gasteiger partial charge is 0.383 e. The number of hydrogen-bond acceptors (Lipinski definition) is 2. The summed E-state index contributed by atoms with van der Waals surface area (Å²) in [5, 5.41) is 3.41. The van der Waals surface area contributed by atoms with Gasteiger partial charge in [0.25, 0.3) is 0 Å². The number of nitrogens with one attached hydrogen (secondary N) is 1. The van der Waals surface area contributed by atoms with Crippen molar-refractivity contribution in [2.45, 2.75) is 25.8 Å². The predicted molar refractivity (Wildman–Crippen MR) is 64.1 cm³/mol. The van der Waals surface area contributed by atoms with Gasteiger partial charge in [0.1, 0.15) is 5.82 Å². The third-order valence-electron chi connectivity index (χ3n) is 2.62. The van der Waals surface area contributed by atoms with Gasteiger partial charge in [-0.25, -0.2) is 4.39 Å². The maximum Gasteiger partial charge on any atom is 0.123 e. The average Bonchev–Trinajstić information content (AvgIpc) is 2.30. The Balaban J connectivity index is 2.26. The molecule has 0 saturated heterocycles. The van der Waals surface area contributed by atoms with Crippen LogP contribution in [-0.4, -0.2) is 26.3 Å². The maximum atomic E-state index is 12.7. The molecule has 3 heteroatoms. The maximum absolute atomic E-state index is 12.7. The lowest BCUT2D eigenvalue weighted by Crippen LogP contribution is -2.34. The first-order chi connectivity index (χ1) is 7.76. The highest BCUT2D eigenvalue weighted by atomic mass is 19.1. The summed E-state index contributed by atoms with van der Waals surface area (Å²) in [6.07, 6.45) is 1.97. The van der Waals surface area contributed by atoms with E-state index in [4.69, 9.17) is 4.74 Å². The summed E-state index contributed by atoms with van der Waals surface area (Å²) in [6, 6.07) is 7.07. The quantitative estimate of drug-likeness (QED) is 0.769. The molecule has 0 bridgehead atoms. The van der Waals surface area contributed by atoms with E-state index in [1.807, 2.05) is 12.1 Å². The van der Waals surface area contributed by atoms with Gasteiger partial charge >= 0.3 is 0 Å². The Labute approximate surface area is 96.8 Å². The standard InChI is InChI=1S/C13H20FNO/c1-3-13(10-16-2)15-9-8-11-4-6-12(14)7-5-11/h4-7,13,15H,3,8-10H2,1-2H3. The highest BCUT2D eigenvalue weighted by Gasteiger charge is 2.03. The summed E-state index contributed by atoms with van der Waals surface area (Å²) < 4.78 is 17.8. The van der Waals surface area contributed by atoms with Crippen molar-refractivity contribution in [1.29, 1.82) is 0 Å². The van der Waals surface area contributed by atoms with E-state index in [1.165, 1.54) is 12.1 Å². The Kier molecular flexibility index (Phi) is 6.04. The summed E-state index contributed by atoms with van der Waals surface area (Å²) >= 11 is 0. The van der Waals surface area contributed by atoms with Crippen LogP contribution in [0.3, 0.4) is 0 Å². The van der Waals surface area contributed by atoms with Crippen LogP contribution in [0, 0.1) is 5.82 Å². The van der Waals surface area contributed by atoms with Crippen LogP contribution < -0.4 is 5.32 Å². The van der Waals surface area contributed by atoms with Gasteiger partial charge in [-0.05, 0) is 37.1 Å². The molecule has 90 valence electrons. The topological polar surface area (TPSA) is 21.3 Å². The van der Waals surface area contributed by atoms with Crippen LogP contribution in [0.1, 0.15) is 18.9 Å². The molecule has 0 aromatic heterocycles. The van der Waals surface area contributed by atoms with Gasteiger partial charge in [0.2, 0.25) is 0 Å². The predicted octanol–water partition coefficient (Wildman–Crippen LogP) is 2.38. The summed E-state index contributed by atoms with van der Waals surface area (Å²) in [6.45, 7) is 3.77. The van der Waals surface area contributed by atoms with Crippen molar-refractivity contribution < 1.29 is 9.13 Å². The van der Waals surface area contributed by atoms with Crippen molar-refractivity contribution in [2.75, 3.05) is 20.3 Å². The lowest BCUT2D eigenvalue weighted by molar-refractivity contribution is 0.165. The molecule has 0 amide bonds. The van der Waals surface area contributed by atoms with Gasteiger partial charge in [-0.1, -0.05) is 19.1 Å². The van der Waals surface area contributed by atoms with Crippen molar-refractivity contribution in [3.05, 3.63) is 35.6 Å². The second-order valence-electron chi connectivity index (χ2n) is 3.89. The fourth-order valence-electron chi connectivity index (χ4n) is 1.59. The minimum atomic E-state index is -0.178. The van der Waals surface area contributed by atoms with Crippen LogP contribution >= 0.6 is 0 Å². The van der Waals surface area contributed by atoms with E-state index in [1.54, 1.807) is 7.11 Å². The Morgan fingerprint density at radius 3 is 2.56 bits per heavy atom. The van der Waals surface area contributed by atoms with Gasteiger partial charge in [0.05, 0.1) is 6.61 Å². The first-order valence-corrected chi connectivity index (χ1v) is 5.73. The van der Waals surface area contributed by atoms with Crippen molar-refractivity contribution in [3.8, 4) is 0 Å². The number of benzene rings is 1. The molecule has 0 aliphatic rings. The molecule has 1 N–H and O–H groups in total. The number of halogens is 1. The Bertz CT molecular complexity index is 286. The second-order valence-corrected chi connectivity index (χ2v) is 3.89. The van der Waals surface area contributed by atoms with Gasteiger partial charge < -0.3 is 10.1 Å². The monoisotopic (exact) mass is 225 g/mol. The van der Waals surface area contributed by atoms with E-state index in [2.05, 4.69) is 12.2 Å². The molecular formula is C13H20FNO. The molecular weight excluding hydrogens is 205 g/mol. The molecule has 0 aliphatic heterocycles. The highest BCUT2D eigenvalue weighted by molar-refractivity contribution is 5.16. The van der Waals surface area contributed by atoms with Crippen LogP contribution in [0.4, 0.5) is 4.39 Å². The van der Waals surface area contributed by atoms with Crippen LogP contribution in [-0.2, 0) is 11.2 Å². The van der Waals surface area contributed by atoms with Crippen molar-refractivity contribution in [3.63, 3.8) is 0 Å². The molecule has 1 rings (SSSR count). The summed E-state index contributed by atoms with van der Waals surface area (Å²) in [7, 11) is 1.71. The lowest BCUT2D eigenvalue weighted by Gasteiger charge is -2.15. The fourth-order valence-corrected chi connectivity index (χ4v) is 1.59. The number of ether oxygens (including phenoxy) is 1. The number of rotatable bonds is 7. The summed E-state index contributed by atoms with van der Waals surface area (Å²) in [5.74, 6) is -0.178. The lowest BCUT2D eigenvalue weighted by atomic mass is 10.1. The molecule has 0 spiro atoms. The summed E-state index contributed by atoms with van der Waals surface area (Å²) in [4.78, 5) is 0. The van der Waals surface area contributed by atoms with E-state index in [9.17, 15) is 4.39 Å². The second kappa shape index (κ2) is 7.36. The highest BCUT2D eigenvalue weighted by Crippen LogP contribution is 2.03. The number of hydrogen-bond donors (Lipinski definition) is 1. The minimum Gasteiger partial charge on any atom is -0.383 e. The zero-order valence-electron chi connectivity index (χ0n) is 10.0. The average molecular weight is 225 g/mol.